The minimum Gasteiger partial charge on any atom is -0.381 e. The van der Waals surface area contributed by atoms with Crippen molar-refractivity contribution in [2.24, 2.45) is 16.2 Å². The molecule has 3 rings (SSSR count). The monoisotopic (exact) mass is 563 g/mol. The Bertz CT molecular complexity index is 1360. The molecular formula is C20H26FN5O9S2. The van der Waals surface area contributed by atoms with E-state index in [0.29, 0.717) is 24.6 Å². The highest BCUT2D eigenvalue weighted by Crippen LogP contribution is 2.32. The number of nitro benzene ring substituents is 2. The Morgan fingerprint density at radius 2 is 1.57 bits per heavy atom. The van der Waals surface area contributed by atoms with Gasteiger partial charge in [0.1, 0.15) is 10.6 Å². The van der Waals surface area contributed by atoms with E-state index in [-0.39, 0.29) is 22.4 Å². The molecule has 1 aliphatic carbocycles. The Kier molecular flexibility index (Phi) is 9.99. The summed E-state index contributed by atoms with van der Waals surface area (Å²) < 4.78 is 62.9. The molecule has 14 nitrogen and oxygen atoms in total. The van der Waals surface area contributed by atoms with Gasteiger partial charge in [0, 0.05) is 25.8 Å². The topological polar surface area (TPSA) is 228 Å². The number of nitrogens with zero attached hydrogens (tertiary/aromatic N) is 2. The molecule has 17 heteroatoms. The number of nitrogens with one attached hydrogen (secondary N) is 1. The van der Waals surface area contributed by atoms with Crippen LogP contribution in [-0.2, 0) is 24.8 Å². The van der Waals surface area contributed by atoms with Crippen molar-refractivity contribution in [2.75, 3.05) is 19.0 Å². The van der Waals surface area contributed by atoms with Crippen LogP contribution < -0.4 is 15.6 Å². The van der Waals surface area contributed by atoms with E-state index in [1.807, 2.05) is 0 Å². The summed E-state index contributed by atoms with van der Waals surface area (Å²) in [6.07, 6.45) is 3.98. The van der Waals surface area contributed by atoms with E-state index in [1.165, 1.54) is 18.2 Å². The van der Waals surface area contributed by atoms with Crippen LogP contribution in [0.3, 0.4) is 0 Å². The number of anilines is 1. The van der Waals surface area contributed by atoms with Crippen LogP contribution >= 0.6 is 0 Å². The van der Waals surface area contributed by atoms with Gasteiger partial charge in [-0.2, -0.15) is 4.39 Å². The number of rotatable bonds is 8. The molecule has 0 amide bonds. The van der Waals surface area contributed by atoms with Crippen molar-refractivity contribution in [2.45, 2.75) is 41.6 Å². The lowest BCUT2D eigenvalue weighted by atomic mass is 9.87. The maximum atomic E-state index is 12.7. The zero-order valence-corrected chi connectivity index (χ0v) is 21.2. The summed E-state index contributed by atoms with van der Waals surface area (Å²) in [6, 6.07) is 5.96. The van der Waals surface area contributed by atoms with Gasteiger partial charge >= 0.3 is 5.69 Å². The molecule has 204 valence electrons. The molecule has 0 aromatic heterocycles. The van der Waals surface area contributed by atoms with Crippen molar-refractivity contribution >= 4 is 37.1 Å². The molecule has 0 saturated heterocycles. The summed E-state index contributed by atoms with van der Waals surface area (Å²) in [5, 5.41) is 34.2. The molecule has 2 aromatic rings. The van der Waals surface area contributed by atoms with Crippen LogP contribution in [0.25, 0.3) is 0 Å². The van der Waals surface area contributed by atoms with Gasteiger partial charge in [0.2, 0.25) is 25.9 Å². The number of methoxy groups -OCH3 is 1. The van der Waals surface area contributed by atoms with Gasteiger partial charge in [-0.05, 0) is 49.8 Å². The van der Waals surface area contributed by atoms with Crippen molar-refractivity contribution in [1.29, 1.82) is 0 Å². The van der Waals surface area contributed by atoms with Gasteiger partial charge < -0.3 is 10.1 Å². The Morgan fingerprint density at radius 1 is 0.973 bits per heavy atom. The van der Waals surface area contributed by atoms with E-state index in [0.717, 1.165) is 31.7 Å². The van der Waals surface area contributed by atoms with Crippen LogP contribution in [0.4, 0.5) is 21.5 Å². The second-order valence-electron chi connectivity index (χ2n) is 8.13. The van der Waals surface area contributed by atoms with E-state index in [4.69, 9.17) is 15.0 Å². The Morgan fingerprint density at radius 3 is 2.05 bits per heavy atom. The van der Waals surface area contributed by atoms with Crippen LogP contribution in [0.15, 0.2) is 46.2 Å². The molecule has 1 fully saturated rings. The summed E-state index contributed by atoms with van der Waals surface area (Å²) in [7, 11) is -6.40. The molecule has 0 atom stereocenters. The molecule has 2 aromatic carbocycles. The third-order valence-corrected chi connectivity index (χ3v) is 7.51. The van der Waals surface area contributed by atoms with Crippen LogP contribution in [0.5, 0.6) is 0 Å². The molecule has 0 radical (unpaired) electrons. The molecule has 37 heavy (non-hydrogen) atoms. The number of primary sulfonamides is 2. The Labute approximate surface area is 212 Å². The van der Waals surface area contributed by atoms with E-state index in [9.17, 15) is 41.5 Å². The molecule has 0 heterocycles. The first-order valence-corrected chi connectivity index (χ1v) is 13.8. The lowest BCUT2D eigenvalue weighted by molar-refractivity contribution is -0.387. The maximum absolute atomic E-state index is 12.7. The highest BCUT2D eigenvalue weighted by molar-refractivity contribution is 7.89. The molecule has 0 aliphatic heterocycles. The van der Waals surface area contributed by atoms with Crippen LogP contribution in [-0.4, -0.2) is 46.4 Å². The smallest absolute Gasteiger partial charge is 0.306 e. The van der Waals surface area contributed by atoms with Gasteiger partial charge in [-0.15, -0.1) is 0 Å². The van der Waals surface area contributed by atoms with Crippen LogP contribution in [0, 0.1) is 32.0 Å². The fourth-order valence-electron chi connectivity index (χ4n) is 3.71. The summed E-state index contributed by atoms with van der Waals surface area (Å²) in [6.45, 7) is 0.462. The fraction of sp³-hybridized carbons (Fsp3) is 0.400. The summed E-state index contributed by atoms with van der Waals surface area (Å²) in [4.78, 5) is 19.0. The van der Waals surface area contributed by atoms with Crippen molar-refractivity contribution in [3.05, 3.63) is 62.4 Å². The van der Waals surface area contributed by atoms with Crippen molar-refractivity contribution in [1.82, 2.24) is 0 Å². The molecular weight excluding hydrogens is 537 g/mol. The predicted octanol–water partition coefficient (Wildman–Crippen LogP) is 2.24. The van der Waals surface area contributed by atoms with Crippen LogP contribution in [0.1, 0.15) is 25.7 Å². The number of para-hydroxylation sites is 1. The normalized spacial score (nSPS) is 17.8. The van der Waals surface area contributed by atoms with Gasteiger partial charge in [-0.3, -0.25) is 20.2 Å². The average Bonchev–Trinajstić information content (AvgIpc) is 2.82. The first-order chi connectivity index (χ1) is 17.1. The zero-order valence-electron chi connectivity index (χ0n) is 19.6. The minimum absolute atomic E-state index is 0.0335. The highest BCUT2D eigenvalue weighted by Gasteiger charge is 2.26. The number of halogens is 1. The lowest BCUT2D eigenvalue weighted by Gasteiger charge is -2.28. The van der Waals surface area contributed by atoms with E-state index >= 15 is 0 Å². The number of nitrogens with two attached hydrogens (primary N) is 2. The zero-order chi connectivity index (χ0) is 28.0. The van der Waals surface area contributed by atoms with Crippen molar-refractivity contribution in [3.63, 3.8) is 0 Å². The van der Waals surface area contributed by atoms with Gasteiger partial charge in [-0.25, -0.2) is 27.1 Å². The number of ether oxygens (including phenoxy) is 1. The second kappa shape index (κ2) is 12.3. The largest absolute Gasteiger partial charge is 0.381 e. The first-order valence-electron chi connectivity index (χ1n) is 10.7. The third kappa shape index (κ3) is 8.39. The average molecular weight is 564 g/mol. The van der Waals surface area contributed by atoms with Crippen molar-refractivity contribution < 1.29 is 35.8 Å². The summed E-state index contributed by atoms with van der Waals surface area (Å²) in [5.41, 5.74) is -1.24. The number of benzene rings is 2. The van der Waals surface area contributed by atoms with Gasteiger partial charge in [-0.1, -0.05) is 6.07 Å². The molecule has 0 bridgehead atoms. The summed E-state index contributed by atoms with van der Waals surface area (Å²) in [5.74, 6) is -0.795. The molecule has 1 saturated carbocycles. The number of hydrogen-bond acceptors (Lipinski definition) is 10. The third-order valence-electron chi connectivity index (χ3n) is 5.64. The lowest BCUT2D eigenvalue weighted by Crippen LogP contribution is -2.25. The maximum Gasteiger partial charge on any atom is 0.306 e. The fourth-order valence-corrected chi connectivity index (χ4v) is 4.98. The Hall–Kier alpha value is -3.25. The quantitative estimate of drug-likeness (QED) is 0.313. The second-order valence-corrected chi connectivity index (χ2v) is 11.2. The summed E-state index contributed by atoms with van der Waals surface area (Å²) >= 11 is 0. The first kappa shape index (κ1) is 30.0. The Balaban J connectivity index is 0.000000294. The number of hydrogen-bond donors (Lipinski definition) is 3. The molecule has 5 N–H and O–H groups in total. The van der Waals surface area contributed by atoms with E-state index < -0.39 is 46.3 Å². The van der Waals surface area contributed by atoms with Crippen LogP contribution in [0.2, 0.25) is 0 Å². The van der Waals surface area contributed by atoms with Gasteiger partial charge in [0.15, 0.2) is 0 Å². The standard InChI is InChI=1S/C14H21N3O5S.C6H5FN2O4S/c1-22-11-7-5-10(6-8-11)9-16-14-12(17(18)19)3-2-4-13(14)23(15,20)21;7-5-2-1-4(14(8,12)13)3-6(5)9(10)11/h2-4,10-11,16H,5-9H2,1H3,(H2,15,20,21);1-3H,(H2,8,12,13). The molecule has 1 aliphatic rings. The van der Waals surface area contributed by atoms with E-state index in [1.54, 1.807) is 7.11 Å². The van der Waals surface area contributed by atoms with Gasteiger partial charge in [0.25, 0.3) is 5.69 Å². The van der Waals surface area contributed by atoms with Gasteiger partial charge in [0.05, 0.1) is 20.8 Å². The van der Waals surface area contributed by atoms with Crippen molar-refractivity contribution in [3.8, 4) is 0 Å². The number of sulfonamides is 2. The molecule has 0 spiro atoms. The molecule has 0 unspecified atom stereocenters. The highest BCUT2D eigenvalue weighted by atomic mass is 32.2. The number of nitro groups is 2. The van der Waals surface area contributed by atoms with E-state index in [2.05, 4.69) is 5.32 Å². The minimum atomic E-state index is -4.05. The SMILES string of the molecule is COC1CCC(CNc2c([N+](=O)[O-])cccc2S(N)(=O)=O)CC1.NS(=O)(=O)c1ccc(F)c([N+](=O)[O-])c1. The predicted molar refractivity (Wildman–Crippen MR) is 130 cm³/mol.